The lowest BCUT2D eigenvalue weighted by Crippen LogP contribution is -2.48. The maximum Gasteiger partial charge on any atom is 0.242 e. The SMILES string of the molecule is O=C(CN(CC1CCCO1)C(=O)C1CCC1)N(Cc1ccc2c(c1)OCO2)Cc1coc2ccc(Cl)cc2c1=O. The van der Waals surface area contributed by atoms with E-state index in [-0.39, 0.29) is 55.7 Å². The van der Waals surface area contributed by atoms with Gasteiger partial charge in [0, 0.05) is 30.6 Å². The Balaban J connectivity index is 1.28. The topological polar surface area (TPSA) is 98.5 Å². The van der Waals surface area contributed by atoms with Crippen LogP contribution < -0.4 is 14.9 Å². The maximum absolute atomic E-state index is 13.9. The highest BCUT2D eigenvalue weighted by atomic mass is 35.5. The number of amides is 2. The van der Waals surface area contributed by atoms with Crippen molar-refractivity contribution in [1.82, 2.24) is 9.80 Å². The molecule has 0 N–H and O–H groups in total. The van der Waals surface area contributed by atoms with Crippen LogP contribution in [-0.2, 0) is 27.4 Å². The molecule has 1 atom stereocenters. The number of ether oxygens (including phenoxy) is 3. The minimum absolute atomic E-state index is 0.00186. The quantitative estimate of drug-likeness (QED) is 0.376. The van der Waals surface area contributed by atoms with Crippen LogP contribution in [0.4, 0.5) is 0 Å². The second-order valence-electron chi connectivity index (χ2n) is 10.6. The van der Waals surface area contributed by atoms with Gasteiger partial charge in [0.1, 0.15) is 5.58 Å². The van der Waals surface area contributed by atoms with Gasteiger partial charge >= 0.3 is 0 Å². The van der Waals surface area contributed by atoms with Crippen LogP contribution in [0.15, 0.2) is 51.9 Å². The van der Waals surface area contributed by atoms with Crippen molar-refractivity contribution in [3.8, 4) is 11.5 Å². The van der Waals surface area contributed by atoms with Crippen molar-refractivity contribution in [2.24, 2.45) is 5.92 Å². The summed E-state index contributed by atoms with van der Waals surface area (Å²) in [6.45, 7) is 1.31. The molecule has 1 saturated heterocycles. The molecule has 2 aromatic carbocycles. The van der Waals surface area contributed by atoms with Gasteiger partial charge in [0.15, 0.2) is 16.9 Å². The van der Waals surface area contributed by atoms with Crippen LogP contribution in [0.2, 0.25) is 5.02 Å². The molecular formula is C30H31ClN2O7. The summed E-state index contributed by atoms with van der Waals surface area (Å²) in [4.78, 5) is 43.9. The Morgan fingerprint density at radius 3 is 2.58 bits per heavy atom. The Morgan fingerprint density at radius 2 is 1.80 bits per heavy atom. The van der Waals surface area contributed by atoms with Crippen LogP contribution in [0, 0.1) is 5.92 Å². The third-order valence-electron chi connectivity index (χ3n) is 7.87. The molecule has 2 aliphatic heterocycles. The summed E-state index contributed by atoms with van der Waals surface area (Å²) in [6.07, 6.45) is 5.84. The Morgan fingerprint density at radius 1 is 0.950 bits per heavy atom. The first-order chi connectivity index (χ1) is 19.4. The standard InChI is InChI=1S/C30H31ClN2O7/c31-22-7-9-25-24(12-22)29(35)21(17-38-25)14-32(13-19-6-8-26-27(11-19)40-18-39-26)28(34)16-33(15-23-5-2-10-37-23)30(36)20-3-1-4-20/h6-9,11-12,17,20,23H,1-5,10,13-16,18H2. The monoisotopic (exact) mass is 566 g/mol. The Bertz CT molecular complexity index is 1480. The fourth-order valence-electron chi connectivity index (χ4n) is 5.39. The first-order valence-corrected chi connectivity index (χ1v) is 14.1. The molecule has 0 spiro atoms. The molecule has 1 aliphatic carbocycles. The maximum atomic E-state index is 13.9. The molecular weight excluding hydrogens is 536 g/mol. The number of hydrogen-bond donors (Lipinski definition) is 0. The van der Waals surface area contributed by atoms with Crippen molar-refractivity contribution in [1.29, 1.82) is 0 Å². The van der Waals surface area contributed by atoms with Crippen LogP contribution in [0.25, 0.3) is 11.0 Å². The zero-order valence-electron chi connectivity index (χ0n) is 22.1. The number of carbonyl (C=O) groups excluding carboxylic acids is 2. The van der Waals surface area contributed by atoms with E-state index in [0.717, 1.165) is 37.7 Å². The van der Waals surface area contributed by atoms with Crippen molar-refractivity contribution in [2.75, 3.05) is 26.5 Å². The van der Waals surface area contributed by atoms with Crippen molar-refractivity contribution in [3.05, 3.63) is 69.0 Å². The van der Waals surface area contributed by atoms with E-state index in [1.807, 2.05) is 12.1 Å². The number of fused-ring (bicyclic) bond motifs is 2. The highest BCUT2D eigenvalue weighted by molar-refractivity contribution is 6.31. The molecule has 0 radical (unpaired) electrons. The largest absolute Gasteiger partial charge is 0.464 e. The first-order valence-electron chi connectivity index (χ1n) is 13.7. The van der Waals surface area contributed by atoms with Crippen molar-refractivity contribution < 1.29 is 28.2 Å². The van der Waals surface area contributed by atoms with Gasteiger partial charge in [0.2, 0.25) is 18.6 Å². The second-order valence-corrected chi connectivity index (χ2v) is 11.1. The lowest BCUT2D eigenvalue weighted by Gasteiger charge is -2.34. The van der Waals surface area contributed by atoms with Gasteiger partial charge in [-0.15, -0.1) is 0 Å². The van der Waals surface area contributed by atoms with Crippen molar-refractivity contribution in [2.45, 2.75) is 51.3 Å². The third-order valence-corrected chi connectivity index (χ3v) is 8.11. The molecule has 10 heteroatoms. The van der Waals surface area contributed by atoms with E-state index in [4.69, 9.17) is 30.2 Å². The van der Waals surface area contributed by atoms with E-state index in [1.165, 1.54) is 6.26 Å². The highest BCUT2D eigenvalue weighted by Crippen LogP contribution is 2.33. The molecule has 3 aliphatic rings. The summed E-state index contributed by atoms with van der Waals surface area (Å²) >= 11 is 6.14. The molecule has 3 aromatic rings. The van der Waals surface area contributed by atoms with Crippen molar-refractivity contribution >= 4 is 34.4 Å². The van der Waals surface area contributed by atoms with Crippen LogP contribution in [-0.4, -0.2) is 54.2 Å². The number of rotatable bonds is 9. The molecule has 3 heterocycles. The Kier molecular flexibility index (Phi) is 7.67. The zero-order chi connectivity index (χ0) is 27.6. The molecule has 210 valence electrons. The van der Waals surface area contributed by atoms with Crippen LogP contribution in [0.5, 0.6) is 11.5 Å². The van der Waals surface area contributed by atoms with Crippen LogP contribution in [0.1, 0.15) is 43.2 Å². The molecule has 6 rings (SSSR count). The molecule has 2 amide bonds. The van der Waals surface area contributed by atoms with Gasteiger partial charge in [-0.25, -0.2) is 0 Å². The highest BCUT2D eigenvalue weighted by Gasteiger charge is 2.33. The third kappa shape index (κ3) is 5.67. The fraction of sp³-hybridized carbons (Fsp3) is 0.433. The predicted octanol–water partition coefficient (Wildman–Crippen LogP) is 4.51. The zero-order valence-corrected chi connectivity index (χ0v) is 22.9. The summed E-state index contributed by atoms with van der Waals surface area (Å²) < 4.78 is 22.5. The number of benzene rings is 2. The molecule has 1 unspecified atom stereocenters. The summed E-state index contributed by atoms with van der Waals surface area (Å²) in [5.41, 5.74) is 1.29. The molecule has 40 heavy (non-hydrogen) atoms. The van der Waals surface area contributed by atoms with Gasteiger partial charge < -0.3 is 28.4 Å². The minimum Gasteiger partial charge on any atom is -0.464 e. The van der Waals surface area contributed by atoms with Crippen LogP contribution >= 0.6 is 11.6 Å². The van der Waals surface area contributed by atoms with E-state index >= 15 is 0 Å². The molecule has 0 bridgehead atoms. The van der Waals surface area contributed by atoms with E-state index in [0.29, 0.717) is 46.2 Å². The lowest BCUT2D eigenvalue weighted by molar-refractivity contribution is -0.146. The van der Waals surface area contributed by atoms with Gasteiger partial charge in [-0.2, -0.15) is 0 Å². The smallest absolute Gasteiger partial charge is 0.242 e. The predicted molar refractivity (Wildman–Crippen MR) is 147 cm³/mol. The number of hydrogen-bond acceptors (Lipinski definition) is 7. The average molecular weight is 567 g/mol. The van der Waals surface area contributed by atoms with Gasteiger partial charge in [0.05, 0.1) is 36.4 Å². The molecule has 1 aromatic heterocycles. The molecule has 2 fully saturated rings. The van der Waals surface area contributed by atoms with Gasteiger partial charge in [-0.05, 0) is 61.6 Å². The summed E-state index contributed by atoms with van der Waals surface area (Å²) in [5.74, 6) is 0.924. The summed E-state index contributed by atoms with van der Waals surface area (Å²) in [6, 6.07) is 10.4. The van der Waals surface area contributed by atoms with Crippen LogP contribution in [0.3, 0.4) is 0 Å². The number of halogens is 1. The van der Waals surface area contributed by atoms with Gasteiger partial charge in [-0.1, -0.05) is 24.1 Å². The molecule has 1 saturated carbocycles. The lowest BCUT2D eigenvalue weighted by atomic mass is 9.84. The van der Waals surface area contributed by atoms with E-state index < -0.39 is 0 Å². The normalized spacial score (nSPS) is 18.1. The number of carbonyl (C=O) groups is 2. The number of nitrogens with zero attached hydrogens (tertiary/aromatic N) is 2. The van der Waals surface area contributed by atoms with E-state index in [2.05, 4.69) is 0 Å². The second kappa shape index (κ2) is 11.5. The summed E-state index contributed by atoms with van der Waals surface area (Å²) in [7, 11) is 0. The first kappa shape index (κ1) is 26.7. The van der Waals surface area contributed by atoms with Gasteiger partial charge in [-0.3, -0.25) is 14.4 Å². The Labute approximate surface area is 236 Å². The van der Waals surface area contributed by atoms with Crippen molar-refractivity contribution in [3.63, 3.8) is 0 Å². The Hall–Kier alpha value is -3.56. The average Bonchev–Trinajstić information content (AvgIpc) is 3.60. The molecule has 9 nitrogen and oxygen atoms in total. The van der Waals surface area contributed by atoms with Gasteiger partial charge in [0.25, 0.3) is 0 Å². The minimum atomic E-state index is -0.270. The van der Waals surface area contributed by atoms with E-state index in [9.17, 15) is 14.4 Å². The van der Waals surface area contributed by atoms with E-state index in [1.54, 1.807) is 34.1 Å². The fourth-order valence-corrected chi connectivity index (χ4v) is 5.57. The summed E-state index contributed by atoms with van der Waals surface area (Å²) in [5, 5.41) is 0.769.